The lowest BCUT2D eigenvalue weighted by Gasteiger charge is -2.40. The molecule has 33 heavy (non-hydrogen) atoms. The number of likely N-dealkylation sites (tertiary alicyclic amines) is 1. The van der Waals surface area contributed by atoms with Crippen LogP contribution in [-0.4, -0.2) is 38.2 Å². The molecule has 6 nitrogen and oxygen atoms in total. The van der Waals surface area contributed by atoms with Gasteiger partial charge in [0.1, 0.15) is 5.69 Å². The van der Waals surface area contributed by atoms with E-state index in [0.29, 0.717) is 5.70 Å². The zero-order chi connectivity index (χ0) is 22.8. The van der Waals surface area contributed by atoms with Crippen LogP contribution in [0.1, 0.15) is 37.4 Å². The number of aromatic amines is 1. The average molecular weight is 457 g/mol. The number of thiol groups is 1. The minimum atomic E-state index is -0.351. The van der Waals surface area contributed by atoms with Gasteiger partial charge in [-0.3, -0.25) is 20.0 Å². The fraction of sp³-hybridized carbons (Fsp3) is 0.269. The number of rotatable bonds is 6. The normalized spacial score (nSPS) is 16.4. The van der Waals surface area contributed by atoms with E-state index in [-0.39, 0.29) is 4.87 Å². The number of hydrogen-bond acceptors (Lipinski definition) is 6. The number of benzene rings is 1. The van der Waals surface area contributed by atoms with Crippen LogP contribution in [0.2, 0.25) is 0 Å². The first-order valence-corrected chi connectivity index (χ1v) is 11.7. The van der Waals surface area contributed by atoms with Gasteiger partial charge >= 0.3 is 0 Å². The maximum absolute atomic E-state index is 5.06. The smallest absolute Gasteiger partial charge is 0.116 e. The number of piperidine rings is 1. The van der Waals surface area contributed by atoms with E-state index < -0.39 is 0 Å². The Kier molecular flexibility index (Phi) is 5.91. The number of hydrogen-bond donors (Lipinski definition) is 3. The van der Waals surface area contributed by atoms with E-state index in [0.717, 1.165) is 52.1 Å². The van der Waals surface area contributed by atoms with E-state index in [1.165, 1.54) is 19.3 Å². The number of nitrogens with zero attached hydrogens (tertiary/aromatic N) is 4. The molecule has 1 aromatic carbocycles. The molecule has 0 radical (unpaired) electrons. The summed E-state index contributed by atoms with van der Waals surface area (Å²) in [6.45, 7) is 8.51. The van der Waals surface area contributed by atoms with Crippen LogP contribution in [0, 0.1) is 0 Å². The van der Waals surface area contributed by atoms with Crippen LogP contribution in [0.5, 0.6) is 0 Å². The Morgan fingerprint density at radius 2 is 1.91 bits per heavy atom. The van der Waals surface area contributed by atoms with Crippen molar-refractivity contribution < 1.29 is 0 Å². The average Bonchev–Trinajstić information content (AvgIpc) is 3.29. The first kappa shape index (κ1) is 21.7. The second-order valence-electron chi connectivity index (χ2n) is 8.71. The summed E-state index contributed by atoms with van der Waals surface area (Å²) in [6.07, 6.45) is 11.1. The van der Waals surface area contributed by atoms with E-state index in [4.69, 9.17) is 12.6 Å². The lowest BCUT2D eigenvalue weighted by molar-refractivity contribution is 0.151. The predicted octanol–water partition coefficient (Wildman–Crippen LogP) is 5.69. The lowest BCUT2D eigenvalue weighted by atomic mass is 9.99. The lowest BCUT2D eigenvalue weighted by Crippen LogP contribution is -2.43. The van der Waals surface area contributed by atoms with Crippen LogP contribution in [0.25, 0.3) is 27.7 Å². The second kappa shape index (κ2) is 9.00. The largest absolute Gasteiger partial charge is 0.353 e. The van der Waals surface area contributed by atoms with E-state index >= 15 is 0 Å². The highest BCUT2D eigenvalue weighted by molar-refractivity contribution is 7.81. The van der Waals surface area contributed by atoms with Crippen LogP contribution >= 0.6 is 12.6 Å². The SMILES string of the molecule is C=C(Nc1cccnc1)c1n[nH]c2ccc(-c3cncc(C(C)(S)N4CCCCC4)c3)cc12. The second-order valence-corrected chi connectivity index (χ2v) is 9.58. The minimum absolute atomic E-state index is 0.351. The van der Waals surface area contributed by atoms with Crippen molar-refractivity contribution in [1.82, 2.24) is 25.1 Å². The van der Waals surface area contributed by atoms with Gasteiger partial charge in [-0.05, 0) is 68.8 Å². The van der Waals surface area contributed by atoms with Crippen molar-refractivity contribution in [3.8, 4) is 11.1 Å². The zero-order valence-electron chi connectivity index (χ0n) is 18.8. The molecule has 0 bridgehead atoms. The number of anilines is 1. The van der Waals surface area contributed by atoms with Gasteiger partial charge in [0, 0.05) is 35.1 Å². The number of fused-ring (bicyclic) bond motifs is 1. The summed E-state index contributed by atoms with van der Waals surface area (Å²) in [7, 11) is 0. The molecule has 0 spiro atoms. The van der Waals surface area contributed by atoms with Gasteiger partial charge in [-0.15, -0.1) is 0 Å². The molecule has 0 amide bonds. The quantitative estimate of drug-likeness (QED) is 0.325. The first-order chi connectivity index (χ1) is 16.0. The number of H-pyrrole nitrogens is 1. The Hall–Kier alpha value is -3.16. The molecule has 3 aromatic heterocycles. The molecule has 1 saturated heterocycles. The van der Waals surface area contributed by atoms with Crippen molar-refractivity contribution in [2.45, 2.75) is 31.1 Å². The van der Waals surface area contributed by atoms with E-state index in [9.17, 15) is 0 Å². The molecule has 4 aromatic rings. The molecule has 7 heteroatoms. The molecule has 5 rings (SSSR count). The Morgan fingerprint density at radius 1 is 1.06 bits per heavy atom. The van der Waals surface area contributed by atoms with Crippen LogP contribution in [0.4, 0.5) is 5.69 Å². The van der Waals surface area contributed by atoms with Gasteiger partial charge < -0.3 is 5.32 Å². The molecule has 1 aliphatic heterocycles. The van der Waals surface area contributed by atoms with Gasteiger partial charge in [0.2, 0.25) is 0 Å². The van der Waals surface area contributed by atoms with Crippen LogP contribution in [-0.2, 0) is 4.87 Å². The molecule has 4 heterocycles. The van der Waals surface area contributed by atoms with Gasteiger partial charge in [0.05, 0.1) is 28.0 Å². The maximum atomic E-state index is 5.06. The van der Waals surface area contributed by atoms with Crippen LogP contribution in [0.15, 0.2) is 67.8 Å². The van der Waals surface area contributed by atoms with E-state index in [1.807, 2.05) is 24.5 Å². The molecular weight excluding hydrogens is 428 g/mol. The third kappa shape index (κ3) is 4.38. The molecule has 168 valence electrons. The maximum Gasteiger partial charge on any atom is 0.116 e. The molecule has 1 unspecified atom stereocenters. The molecule has 1 aliphatic rings. The van der Waals surface area contributed by atoms with Gasteiger partial charge in [0.15, 0.2) is 0 Å². The first-order valence-electron chi connectivity index (χ1n) is 11.3. The molecular formula is C26H28N6S. The zero-order valence-corrected chi connectivity index (χ0v) is 19.6. The highest BCUT2D eigenvalue weighted by atomic mass is 32.1. The Labute approximate surface area is 199 Å². The number of pyridine rings is 2. The highest BCUT2D eigenvalue weighted by Gasteiger charge is 2.31. The van der Waals surface area contributed by atoms with Gasteiger partial charge in [-0.1, -0.05) is 19.1 Å². The van der Waals surface area contributed by atoms with Crippen LogP contribution in [0.3, 0.4) is 0 Å². The Bertz CT molecular complexity index is 1270. The fourth-order valence-electron chi connectivity index (χ4n) is 4.46. The fourth-order valence-corrected chi connectivity index (χ4v) is 4.78. The molecule has 1 fully saturated rings. The highest BCUT2D eigenvalue weighted by Crippen LogP contribution is 2.36. The van der Waals surface area contributed by atoms with Crippen molar-refractivity contribution in [3.63, 3.8) is 0 Å². The summed E-state index contributed by atoms with van der Waals surface area (Å²) in [4.78, 5) is 10.8. The summed E-state index contributed by atoms with van der Waals surface area (Å²) in [5.41, 5.74) is 6.58. The third-order valence-corrected chi connectivity index (χ3v) is 6.94. The summed E-state index contributed by atoms with van der Waals surface area (Å²) in [6, 6.07) is 12.3. The third-order valence-electron chi connectivity index (χ3n) is 6.40. The van der Waals surface area contributed by atoms with Crippen molar-refractivity contribution >= 4 is 34.9 Å². The standard InChI is InChI=1S/C26H28N6S/c1-18(29-22-7-6-10-27-17-22)25-23-14-19(8-9-24(23)30-31-25)20-13-21(16-28-15-20)26(2,33)32-11-4-3-5-12-32/h6-10,13-17,29,33H,1,3-5,11-12H2,2H3,(H,30,31). The predicted molar refractivity (Wildman–Crippen MR) is 138 cm³/mol. The molecule has 1 atom stereocenters. The van der Waals surface area contributed by atoms with Gasteiger partial charge in [0.25, 0.3) is 0 Å². The summed E-state index contributed by atoms with van der Waals surface area (Å²) >= 11 is 5.06. The molecule has 0 saturated carbocycles. The summed E-state index contributed by atoms with van der Waals surface area (Å²) < 4.78 is 0. The summed E-state index contributed by atoms with van der Waals surface area (Å²) in [5.74, 6) is 0. The van der Waals surface area contributed by atoms with Crippen molar-refractivity contribution in [2.24, 2.45) is 0 Å². The van der Waals surface area contributed by atoms with Crippen molar-refractivity contribution in [3.05, 3.63) is 79.0 Å². The van der Waals surface area contributed by atoms with Gasteiger partial charge in [-0.25, -0.2) is 0 Å². The van der Waals surface area contributed by atoms with Crippen molar-refractivity contribution in [1.29, 1.82) is 0 Å². The van der Waals surface area contributed by atoms with Crippen LogP contribution < -0.4 is 5.32 Å². The monoisotopic (exact) mass is 456 g/mol. The number of nitrogens with one attached hydrogen (secondary N) is 2. The Balaban J connectivity index is 1.46. The minimum Gasteiger partial charge on any atom is -0.353 e. The van der Waals surface area contributed by atoms with E-state index in [2.05, 4.69) is 68.2 Å². The topological polar surface area (TPSA) is 69.7 Å². The molecule has 2 N–H and O–H groups in total. The molecule has 0 aliphatic carbocycles. The van der Waals surface area contributed by atoms with Gasteiger partial charge in [-0.2, -0.15) is 17.7 Å². The Morgan fingerprint density at radius 3 is 2.70 bits per heavy atom. The number of aromatic nitrogens is 4. The van der Waals surface area contributed by atoms with E-state index in [1.54, 1.807) is 12.4 Å². The van der Waals surface area contributed by atoms with Crippen molar-refractivity contribution in [2.75, 3.05) is 18.4 Å². The summed E-state index contributed by atoms with van der Waals surface area (Å²) in [5, 5.41) is 11.9.